The molecule has 0 heterocycles. The Bertz CT molecular complexity index is 361. The average molecular weight is 361 g/mol. The molecule has 0 aliphatic carbocycles. The summed E-state index contributed by atoms with van der Waals surface area (Å²) in [6.07, 6.45) is 0.984. The van der Waals surface area contributed by atoms with Crippen molar-refractivity contribution in [2.75, 3.05) is 6.61 Å². The van der Waals surface area contributed by atoms with E-state index in [0.29, 0.717) is 6.61 Å². The molecule has 0 N–H and O–H groups in total. The predicted molar refractivity (Wildman–Crippen MR) is 80.2 cm³/mol. The van der Waals surface area contributed by atoms with E-state index >= 15 is 0 Å². The van der Waals surface area contributed by atoms with Crippen molar-refractivity contribution >= 4 is 32.8 Å². The van der Waals surface area contributed by atoms with Crippen LogP contribution in [0.1, 0.15) is 27.2 Å². The molecule has 4 heteroatoms. The average Bonchev–Trinajstić information content (AvgIpc) is 2.19. The Balaban J connectivity index is 2.80. The molecule has 2 nitrogen and oxygen atoms in total. The standard InChI is InChI=1S/C13H18IO2Si/c1-13(2,3)16-12-9-10(14)5-6-11(12)15-7-4-8-17/h5-6,9H,4,7-8H2,1-3H3. The molecule has 0 aromatic heterocycles. The fourth-order valence-electron chi connectivity index (χ4n) is 1.27. The maximum Gasteiger partial charge on any atom is 0.163 e. The van der Waals surface area contributed by atoms with Gasteiger partial charge in [-0.2, -0.15) is 0 Å². The van der Waals surface area contributed by atoms with Crippen LogP contribution in [0.4, 0.5) is 0 Å². The van der Waals surface area contributed by atoms with Crippen LogP contribution in [-0.4, -0.2) is 22.5 Å². The Morgan fingerprint density at radius 3 is 2.53 bits per heavy atom. The fourth-order valence-corrected chi connectivity index (χ4v) is 1.87. The Morgan fingerprint density at radius 2 is 1.94 bits per heavy atom. The van der Waals surface area contributed by atoms with E-state index in [4.69, 9.17) is 9.47 Å². The molecular formula is C13H18IO2Si. The van der Waals surface area contributed by atoms with Crippen molar-refractivity contribution in [3.8, 4) is 11.5 Å². The van der Waals surface area contributed by atoms with Gasteiger partial charge in [-0.25, -0.2) is 0 Å². The minimum absolute atomic E-state index is 0.211. The molecule has 0 atom stereocenters. The molecule has 0 bridgehead atoms. The van der Waals surface area contributed by atoms with Crippen LogP contribution in [0.5, 0.6) is 11.5 Å². The summed E-state index contributed by atoms with van der Waals surface area (Å²) < 4.78 is 12.8. The molecule has 93 valence electrons. The maximum atomic E-state index is 5.90. The van der Waals surface area contributed by atoms with E-state index < -0.39 is 0 Å². The van der Waals surface area contributed by atoms with Crippen LogP contribution in [0.25, 0.3) is 0 Å². The molecule has 17 heavy (non-hydrogen) atoms. The van der Waals surface area contributed by atoms with Crippen molar-refractivity contribution in [3.05, 3.63) is 21.8 Å². The van der Waals surface area contributed by atoms with Crippen LogP contribution in [-0.2, 0) is 0 Å². The van der Waals surface area contributed by atoms with Crippen LogP contribution in [0, 0.1) is 3.57 Å². The van der Waals surface area contributed by atoms with Gasteiger partial charge in [-0.3, -0.25) is 0 Å². The highest BCUT2D eigenvalue weighted by Gasteiger charge is 2.15. The van der Waals surface area contributed by atoms with E-state index in [1.165, 1.54) is 0 Å². The molecule has 0 aliphatic heterocycles. The van der Waals surface area contributed by atoms with E-state index in [1.54, 1.807) is 0 Å². The monoisotopic (exact) mass is 361 g/mol. The largest absolute Gasteiger partial charge is 0.490 e. The number of halogens is 1. The number of hydrogen-bond acceptors (Lipinski definition) is 2. The summed E-state index contributed by atoms with van der Waals surface area (Å²) >= 11 is 2.28. The van der Waals surface area contributed by atoms with Gasteiger partial charge in [-0.15, -0.1) is 0 Å². The van der Waals surface area contributed by atoms with Gasteiger partial charge in [0.2, 0.25) is 0 Å². The molecule has 0 amide bonds. The third-order valence-electron chi connectivity index (χ3n) is 1.90. The Labute approximate surface area is 121 Å². The lowest BCUT2D eigenvalue weighted by molar-refractivity contribution is 0.123. The smallest absolute Gasteiger partial charge is 0.163 e. The third-order valence-corrected chi connectivity index (χ3v) is 2.93. The molecule has 0 fully saturated rings. The van der Waals surface area contributed by atoms with Gasteiger partial charge in [0.1, 0.15) is 5.60 Å². The molecule has 1 aromatic rings. The lowest BCUT2D eigenvalue weighted by atomic mass is 10.2. The van der Waals surface area contributed by atoms with E-state index in [9.17, 15) is 0 Å². The van der Waals surface area contributed by atoms with Gasteiger partial charge in [-0.1, -0.05) is 6.04 Å². The third kappa shape index (κ3) is 5.77. The minimum Gasteiger partial charge on any atom is -0.490 e. The molecule has 0 saturated carbocycles. The van der Waals surface area contributed by atoms with Gasteiger partial charge in [-0.05, 0) is 68.0 Å². The SMILES string of the molecule is CC(C)(C)Oc1cc(I)ccc1OCCC[Si]. The summed E-state index contributed by atoms with van der Waals surface area (Å²) in [5.41, 5.74) is -0.211. The van der Waals surface area contributed by atoms with Gasteiger partial charge in [0.15, 0.2) is 11.5 Å². The van der Waals surface area contributed by atoms with Crippen molar-refractivity contribution in [2.24, 2.45) is 0 Å². The van der Waals surface area contributed by atoms with Gasteiger partial charge < -0.3 is 9.47 Å². The molecule has 1 aromatic carbocycles. The molecule has 3 radical (unpaired) electrons. The Morgan fingerprint density at radius 1 is 1.24 bits per heavy atom. The molecule has 0 saturated heterocycles. The number of hydrogen-bond donors (Lipinski definition) is 0. The van der Waals surface area contributed by atoms with Crippen molar-refractivity contribution in [1.29, 1.82) is 0 Å². The summed E-state index contributed by atoms with van der Waals surface area (Å²) in [5.74, 6) is 1.64. The first-order valence-electron chi connectivity index (χ1n) is 5.68. The Hall–Kier alpha value is -0.233. The fraction of sp³-hybridized carbons (Fsp3) is 0.538. The molecule has 0 spiro atoms. The number of benzene rings is 1. The summed E-state index contributed by atoms with van der Waals surface area (Å²) in [7, 11) is 3.44. The first-order valence-corrected chi connectivity index (χ1v) is 7.47. The van der Waals surface area contributed by atoms with E-state index in [0.717, 1.165) is 27.5 Å². The molecular weight excluding hydrogens is 343 g/mol. The van der Waals surface area contributed by atoms with Gasteiger partial charge >= 0.3 is 0 Å². The van der Waals surface area contributed by atoms with Crippen LogP contribution < -0.4 is 9.47 Å². The first-order chi connectivity index (χ1) is 7.92. The lowest BCUT2D eigenvalue weighted by Crippen LogP contribution is -2.23. The second-order valence-corrected chi connectivity index (χ2v) is 6.50. The van der Waals surface area contributed by atoms with Crippen LogP contribution >= 0.6 is 22.6 Å². The minimum atomic E-state index is -0.211. The molecule has 0 aliphatic rings. The molecule has 1 rings (SSSR count). The van der Waals surface area contributed by atoms with Gasteiger partial charge in [0.05, 0.1) is 6.61 Å². The highest BCUT2D eigenvalue weighted by atomic mass is 127. The van der Waals surface area contributed by atoms with Crippen molar-refractivity contribution < 1.29 is 9.47 Å². The summed E-state index contributed by atoms with van der Waals surface area (Å²) in [6, 6.07) is 6.95. The Kier molecular flexibility index (Phi) is 5.79. The normalized spacial score (nSPS) is 11.4. The van der Waals surface area contributed by atoms with E-state index in [-0.39, 0.29) is 5.60 Å². The van der Waals surface area contributed by atoms with Gasteiger partial charge in [0.25, 0.3) is 0 Å². The van der Waals surface area contributed by atoms with E-state index in [1.807, 2.05) is 39.0 Å². The quantitative estimate of drug-likeness (QED) is 0.451. The first kappa shape index (κ1) is 14.8. The van der Waals surface area contributed by atoms with Gasteiger partial charge in [0, 0.05) is 13.8 Å². The zero-order valence-corrected chi connectivity index (χ0v) is 13.7. The topological polar surface area (TPSA) is 18.5 Å². The zero-order chi connectivity index (χ0) is 12.9. The van der Waals surface area contributed by atoms with Crippen LogP contribution in [0.3, 0.4) is 0 Å². The van der Waals surface area contributed by atoms with Crippen molar-refractivity contribution in [3.63, 3.8) is 0 Å². The highest BCUT2D eigenvalue weighted by Crippen LogP contribution is 2.32. The van der Waals surface area contributed by atoms with Crippen LogP contribution in [0.2, 0.25) is 6.04 Å². The van der Waals surface area contributed by atoms with Crippen LogP contribution in [0.15, 0.2) is 18.2 Å². The number of rotatable bonds is 5. The summed E-state index contributed by atoms with van der Waals surface area (Å²) in [4.78, 5) is 0. The lowest BCUT2D eigenvalue weighted by Gasteiger charge is -2.23. The van der Waals surface area contributed by atoms with Crippen molar-refractivity contribution in [1.82, 2.24) is 0 Å². The van der Waals surface area contributed by atoms with Crippen molar-refractivity contribution in [2.45, 2.75) is 38.8 Å². The summed E-state index contributed by atoms with van der Waals surface area (Å²) in [5, 5.41) is 0. The zero-order valence-electron chi connectivity index (χ0n) is 10.5. The second kappa shape index (κ2) is 6.63. The number of ether oxygens (including phenoxy) is 2. The maximum absolute atomic E-state index is 5.90. The summed E-state index contributed by atoms with van der Waals surface area (Å²) in [6.45, 7) is 6.81. The predicted octanol–water partition coefficient (Wildman–Crippen LogP) is 3.82. The molecule has 0 unspecified atom stereocenters. The highest BCUT2D eigenvalue weighted by molar-refractivity contribution is 14.1. The van der Waals surface area contributed by atoms with E-state index in [2.05, 4.69) is 32.8 Å². The second-order valence-electron chi connectivity index (χ2n) is 4.76.